The molecule has 1 fully saturated rings. The molecular weight excluding hydrogens is 376 g/mol. The normalized spacial score (nSPS) is 19.2. The van der Waals surface area contributed by atoms with E-state index in [9.17, 15) is 5.26 Å². The Morgan fingerprint density at radius 3 is 2.44 bits per heavy atom. The fraction of sp³-hybridized carbons (Fsp3) is 0.615. The average Bonchev–Trinajstić information content (AvgIpc) is 2.59. The maximum absolute atomic E-state index is 9.34. The molecule has 0 radical (unpaired) electrons. The maximum Gasteiger partial charge on any atom is 0.130 e. The van der Waals surface area contributed by atoms with Gasteiger partial charge in [-0.1, -0.05) is 25.7 Å². The number of nitrogens with zero attached hydrogens (tertiary/aromatic N) is 1. The molecule has 1 heterocycles. The summed E-state index contributed by atoms with van der Waals surface area (Å²) in [6.07, 6.45) is 7.65. The molecule has 1 aliphatic carbocycles. The van der Waals surface area contributed by atoms with Crippen LogP contribution in [0.2, 0.25) is 0 Å². The lowest BCUT2D eigenvalue weighted by atomic mass is 10.1. The lowest BCUT2D eigenvalue weighted by Gasteiger charge is -2.19. The molecule has 1 aromatic rings. The molecule has 18 heavy (non-hydrogen) atoms. The fourth-order valence-corrected chi connectivity index (χ4v) is 4.47. The first-order valence-electron chi connectivity index (χ1n) is 6.31. The minimum Gasteiger partial charge on any atom is -0.295 e. The van der Waals surface area contributed by atoms with Crippen LogP contribution in [-0.4, -0.2) is 6.04 Å². The third kappa shape index (κ3) is 3.80. The Hall–Kier alpha value is 0.110. The molecule has 1 unspecified atom stereocenters. The Bertz CT molecular complexity index is 411. The maximum atomic E-state index is 9.34. The smallest absolute Gasteiger partial charge is 0.130 e. The minimum atomic E-state index is -0.180. The van der Waals surface area contributed by atoms with E-state index in [1.807, 2.05) is 6.07 Å². The van der Waals surface area contributed by atoms with E-state index in [-0.39, 0.29) is 6.04 Å². The topological polar surface area (TPSA) is 35.8 Å². The molecule has 1 N–H and O–H groups in total. The van der Waals surface area contributed by atoms with Gasteiger partial charge in [0.15, 0.2) is 0 Å². The molecule has 0 saturated heterocycles. The Kier molecular flexibility index (Phi) is 5.68. The molecule has 1 atom stereocenters. The number of nitrogens with one attached hydrogen (secondary N) is 1. The summed E-state index contributed by atoms with van der Waals surface area (Å²) in [6.45, 7) is 0. The zero-order valence-corrected chi connectivity index (χ0v) is 14.1. The summed E-state index contributed by atoms with van der Waals surface area (Å²) in [5, 5.41) is 12.9. The Balaban J connectivity index is 2.02. The van der Waals surface area contributed by atoms with Crippen LogP contribution in [0.15, 0.2) is 14.3 Å². The van der Waals surface area contributed by atoms with Crippen LogP contribution in [0.5, 0.6) is 0 Å². The highest BCUT2D eigenvalue weighted by molar-refractivity contribution is 9.13. The molecule has 5 heteroatoms. The van der Waals surface area contributed by atoms with Crippen LogP contribution in [-0.2, 0) is 0 Å². The number of rotatable bonds is 3. The lowest BCUT2D eigenvalue weighted by Crippen LogP contribution is -2.31. The van der Waals surface area contributed by atoms with Crippen LogP contribution in [0.3, 0.4) is 0 Å². The predicted molar refractivity (Wildman–Crippen MR) is 82.7 cm³/mol. The Morgan fingerprint density at radius 1 is 1.28 bits per heavy atom. The summed E-state index contributed by atoms with van der Waals surface area (Å²) < 4.78 is 2.09. The van der Waals surface area contributed by atoms with Crippen LogP contribution >= 0.6 is 43.2 Å². The predicted octanol–water partition coefficient (Wildman–Crippen LogP) is 5.15. The van der Waals surface area contributed by atoms with Crippen LogP contribution in [0.1, 0.15) is 49.4 Å². The van der Waals surface area contributed by atoms with Crippen LogP contribution < -0.4 is 5.32 Å². The largest absolute Gasteiger partial charge is 0.295 e. The van der Waals surface area contributed by atoms with Gasteiger partial charge in [-0.25, -0.2) is 0 Å². The summed E-state index contributed by atoms with van der Waals surface area (Å²) in [5.41, 5.74) is 0. The summed E-state index contributed by atoms with van der Waals surface area (Å²) in [5.74, 6) is 0. The quantitative estimate of drug-likeness (QED) is 0.723. The fourth-order valence-electron chi connectivity index (χ4n) is 2.37. The van der Waals surface area contributed by atoms with Crippen molar-refractivity contribution in [2.24, 2.45) is 0 Å². The highest BCUT2D eigenvalue weighted by atomic mass is 79.9. The second kappa shape index (κ2) is 7.04. The van der Waals surface area contributed by atoms with Gasteiger partial charge >= 0.3 is 0 Å². The van der Waals surface area contributed by atoms with E-state index in [2.05, 4.69) is 43.2 Å². The first kappa shape index (κ1) is 14.5. The molecule has 0 aliphatic heterocycles. The van der Waals surface area contributed by atoms with Crippen molar-refractivity contribution in [3.05, 3.63) is 19.2 Å². The molecule has 1 aromatic heterocycles. The number of thiophene rings is 1. The van der Waals surface area contributed by atoms with E-state index in [1.165, 1.54) is 38.5 Å². The van der Waals surface area contributed by atoms with Gasteiger partial charge in [0.05, 0.1) is 9.86 Å². The zero-order chi connectivity index (χ0) is 13.0. The third-order valence-electron chi connectivity index (χ3n) is 3.34. The van der Waals surface area contributed by atoms with Crippen LogP contribution in [0, 0.1) is 11.3 Å². The van der Waals surface area contributed by atoms with Crippen LogP contribution in [0.4, 0.5) is 0 Å². The van der Waals surface area contributed by atoms with E-state index in [1.54, 1.807) is 11.3 Å². The van der Waals surface area contributed by atoms with E-state index in [0.717, 1.165) is 13.1 Å². The Morgan fingerprint density at radius 2 is 1.94 bits per heavy atom. The number of nitriles is 1. The summed E-state index contributed by atoms with van der Waals surface area (Å²) >= 11 is 8.59. The first-order valence-corrected chi connectivity index (χ1v) is 8.71. The number of hydrogen-bond donors (Lipinski definition) is 1. The van der Waals surface area contributed by atoms with Crippen molar-refractivity contribution in [3.8, 4) is 6.07 Å². The van der Waals surface area contributed by atoms with Gasteiger partial charge in [0.1, 0.15) is 6.04 Å². The third-order valence-corrected chi connectivity index (χ3v) is 6.66. The van der Waals surface area contributed by atoms with E-state index in [4.69, 9.17) is 0 Å². The molecule has 1 saturated carbocycles. The van der Waals surface area contributed by atoms with Gasteiger partial charge in [-0.05, 0) is 50.8 Å². The standard InChI is InChI=1S/C13H16Br2N2S/c14-10-7-12(18-13(10)15)11(8-16)17-9-5-3-1-2-4-6-9/h7,9,11,17H,1-6H2. The van der Waals surface area contributed by atoms with Crippen molar-refractivity contribution < 1.29 is 0 Å². The van der Waals surface area contributed by atoms with Crippen LogP contribution in [0.25, 0.3) is 0 Å². The van der Waals surface area contributed by atoms with Gasteiger partial charge in [-0.15, -0.1) is 11.3 Å². The van der Waals surface area contributed by atoms with Crippen molar-refractivity contribution in [3.63, 3.8) is 0 Å². The van der Waals surface area contributed by atoms with Gasteiger partial charge in [0.2, 0.25) is 0 Å². The van der Waals surface area contributed by atoms with Crippen molar-refractivity contribution in [1.82, 2.24) is 5.32 Å². The highest BCUT2D eigenvalue weighted by Gasteiger charge is 2.20. The summed E-state index contributed by atoms with van der Waals surface area (Å²) in [4.78, 5) is 1.08. The molecule has 0 spiro atoms. The average molecular weight is 392 g/mol. The van der Waals surface area contributed by atoms with Gasteiger partial charge < -0.3 is 0 Å². The molecule has 0 amide bonds. The van der Waals surface area contributed by atoms with Crippen molar-refractivity contribution in [2.75, 3.05) is 0 Å². The van der Waals surface area contributed by atoms with Gasteiger partial charge in [-0.2, -0.15) is 5.26 Å². The highest BCUT2D eigenvalue weighted by Crippen LogP contribution is 2.35. The molecule has 2 nitrogen and oxygen atoms in total. The molecule has 0 bridgehead atoms. The SMILES string of the molecule is N#CC(NC1CCCCCC1)c1cc(Br)c(Br)s1. The first-order chi connectivity index (χ1) is 8.70. The van der Waals surface area contributed by atoms with Crippen molar-refractivity contribution in [1.29, 1.82) is 5.26 Å². The van der Waals surface area contributed by atoms with E-state index in [0.29, 0.717) is 6.04 Å². The van der Waals surface area contributed by atoms with E-state index >= 15 is 0 Å². The van der Waals surface area contributed by atoms with Gasteiger partial charge in [0.25, 0.3) is 0 Å². The van der Waals surface area contributed by atoms with Gasteiger partial charge in [0, 0.05) is 15.4 Å². The molecule has 98 valence electrons. The van der Waals surface area contributed by atoms with Crippen molar-refractivity contribution >= 4 is 43.2 Å². The second-order valence-corrected chi connectivity index (χ2v) is 7.94. The molecular formula is C13H16Br2N2S. The monoisotopic (exact) mass is 390 g/mol. The minimum absolute atomic E-state index is 0.180. The summed E-state index contributed by atoms with van der Waals surface area (Å²) in [7, 11) is 0. The Labute approximate surface area is 129 Å². The molecule has 1 aliphatic rings. The zero-order valence-electron chi connectivity index (χ0n) is 10.1. The molecule has 0 aromatic carbocycles. The number of halogens is 2. The van der Waals surface area contributed by atoms with Crippen molar-refractivity contribution in [2.45, 2.75) is 50.6 Å². The molecule has 2 rings (SSSR count). The van der Waals surface area contributed by atoms with Gasteiger partial charge in [-0.3, -0.25) is 5.32 Å². The summed E-state index contributed by atoms with van der Waals surface area (Å²) in [6, 6.07) is 4.74. The number of hydrogen-bond acceptors (Lipinski definition) is 3. The second-order valence-electron chi connectivity index (χ2n) is 4.69. The lowest BCUT2D eigenvalue weighted by molar-refractivity contribution is 0.439. The van der Waals surface area contributed by atoms with E-state index < -0.39 is 0 Å².